The highest BCUT2D eigenvalue weighted by atomic mass is 32.1. The van der Waals surface area contributed by atoms with Gasteiger partial charge in [-0.1, -0.05) is 0 Å². The van der Waals surface area contributed by atoms with Crippen molar-refractivity contribution in [1.82, 2.24) is 15.2 Å². The van der Waals surface area contributed by atoms with Crippen LogP contribution in [0.2, 0.25) is 0 Å². The molecule has 1 aliphatic rings. The maximum absolute atomic E-state index is 4.26. The maximum Gasteiger partial charge on any atom is 0.0797 e. The monoisotopic (exact) mass is 239 g/mol. The fourth-order valence-electron chi connectivity index (χ4n) is 1.85. The van der Waals surface area contributed by atoms with E-state index in [1.807, 2.05) is 5.51 Å². The van der Waals surface area contributed by atoms with Crippen LogP contribution in [0, 0.1) is 6.92 Å². The average Bonchev–Trinajstić information content (AvgIpc) is 3.04. The highest BCUT2D eigenvalue weighted by Crippen LogP contribution is 2.24. The molecule has 16 heavy (non-hydrogen) atoms. The van der Waals surface area contributed by atoms with Crippen molar-refractivity contribution in [3.05, 3.63) is 16.1 Å². The lowest BCUT2D eigenvalue weighted by atomic mass is 10.3. The van der Waals surface area contributed by atoms with Crippen LogP contribution in [0.3, 0.4) is 0 Å². The molecule has 0 spiro atoms. The summed E-state index contributed by atoms with van der Waals surface area (Å²) < 4.78 is 0. The van der Waals surface area contributed by atoms with Crippen LogP contribution in [-0.2, 0) is 6.42 Å². The molecule has 1 aliphatic carbocycles. The second-order valence-corrected chi connectivity index (χ2v) is 5.51. The van der Waals surface area contributed by atoms with Gasteiger partial charge in [0.05, 0.1) is 11.2 Å². The Morgan fingerprint density at radius 1 is 1.50 bits per heavy atom. The van der Waals surface area contributed by atoms with Gasteiger partial charge < -0.3 is 10.2 Å². The van der Waals surface area contributed by atoms with Crippen LogP contribution >= 0.6 is 11.3 Å². The van der Waals surface area contributed by atoms with Gasteiger partial charge in [-0.2, -0.15) is 0 Å². The van der Waals surface area contributed by atoms with E-state index in [1.165, 1.54) is 30.0 Å². The molecule has 1 aromatic heterocycles. The van der Waals surface area contributed by atoms with Crippen LogP contribution in [0.4, 0.5) is 0 Å². The molecule has 90 valence electrons. The van der Waals surface area contributed by atoms with Crippen LogP contribution < -0.4 is 5.32 Å². The molecule has 0 bridgehead atoms. The highest BCUT2D eigenvalue weighted by Gasteiger charge is 2.25. The summed E-state index contributed by atoms with van der Waals surface area (Å²) >= 11 is 1.77. The Kier molecular flexibility index (Phi) is 4.32. The number of thiazole rings is 1. The van der Waals surface area contributed by atoms with Crippen molar-refractivity contribution in [3.63, 3.8) is 0 Å². The first-order valence-electron chi connectivity index (χ1n) is 6.07. The van der Waals surface area contributed by atoms with Crippen LogP contribution in [0.1, 0.15) is 23.4 Å². The zero-order chi connectivity index (χ0) is 11.4. The van der Waals surface area contributed by atoms with E-state index < -0.39 is 0 Å². The summed E-state index contributed by atoms with van der Waals surface area (Å²) in [5, 5.41) is 3.50. The first-order valence-corrected chi connectivity index (χ1v) is 6.95. The Morgan fingerprint density at radius 2 is 2.31 bits per heavy atom. The quantitative estimate of drug-likeness (QED) is 0.734. The van der Waals surface area contributed by atoms with E-state index in [-0.39, 0.29) is 0 Å². The number of hydrogen-bond acceptors (Lipinski definition) is 4. The highest BCUT2D eigenvalue weighted by molar-refractivity contribution is 7.09. The zero-order valence-corrected chi connectivity index (χ0v) is 11.0. The van der Waals surface area contributed by atoms with Crippen molar-refractivity contribution in [1.29, 1.82) is 0 Å². The summed E-state index contributed by atoms with van der Waals surface area (Å²) in [7, 11) is 2.23. The molecule has 0 saturated heterocycles. The number of hydrogen-bond donors (Lipinski definition) is 1. The number of aryl methyl sites for hydroxylation is 1. The lowest BCUT2D eigenvalue weighted by molar-refractivity contribution is 0.322. The van der Waals surface area contributed by atoms with E-state index >= 15 is 0 Å². The fraction of sp³-hybridized carbons (Fsp3) is 0.750. The molecule has 0 amide bonds. The maximum atomic E-state index is 4.26. The molecule has 0 unspecified atom stereocenters. The summed E-state index contributed by atoms with van der Waals surface area (Å²) in [4.78, 5) is 8.14. The van der Waals surface area contributed by atoms with Gasteiger partial charge in [0, 0.05) is 30.6 Å². The van der Waals surface area contributed by atoms with Gasteiger partial charge in [-0.05, 0) is 33.2 Å². The number of likely N-dealkylation sites (N-methyl/N-ethyl adjacent to an activating group) is 1. The van der Waals surface area contributed by atoms with Crippen LogP contribution in [0.25, 0.3) is 0 Å². The van der Waals surface area contributed by atoms with Gasteiger partial charge in [0.1, 0.15) is 0 Å². The van der Waals surface area contributed by atoms with Crippen molar-refractivity contribution >= 4 is 11.3 Å². The largest absolute Gasteiger partial charge is 0.315 e. The zero-order valence-electron chi connectivity index (χ0n) is 10.2. The average molecular weight is 239 g/mol. The molecule has 1 fully saturated rings. The minimum atomic E-state index is 0.880. The van der Waals surface area contributed by atoms with Crippen molar-refractivity contribution in [2.75, 3.05) is 26.7 Å². The smallest absolute Gasteiger partial charge is 0.0797 e. The minimum Gasteiger partial charge on any atom is -0.315 e. The molecule has 2 rings (SSSR count). The Hall–Kier alpha value is -0.450. The molecule has 1 N–H and O–H groups in total. The molecular formula is C12H21N3S. The Balaban J connectivity index is 1.53. The van der Waals surface area contributed by atoms with Gasteiger partial charge in [-0.15, -0.1) is 11.3 Å². The third kappa shape index (κ3) is 3.54. The lowest BCUT2D eigenvalue weighted by Crippen LogP contribution is -2.31. The molecule has 0 radical (unpaired) electrons. The standard InChI is InChI=1S/C12H21N3S/c1-10-12(16-9-14-10)5-6-13-7-8-15(2)11-3-4-11/h9,11,13H,3-8H2,1-2H3. The predicted octanol–water partition coefficient (Wildman–Crippen LogP) is 1.68. The summed E-state index contributed by atoms with van der Waals surface area (Å²) in [5.41, 5.74) is 3.13. The summed E-state index contributed by atoms with van der Waals surface area (Å²) in [5.74, 6) is 0. The second-order valence-electron chi connectivity index (χ2n) is 4.57. The molecule has 3 nitrogen and oxygen atoms in total. The van der Waals surface area contributed by atoms with Crippen molar-refractivity contribution in [2.24, 2.45) is 0 Å². The van der Waals surface area contributed by atoms with Gasteiger partial charge in [0.2, 0.25) is 0 Å². The van der Waals surface area contributed by atoms with Gasteiger partial charge in [0.25, 0.3) is 0 Å². The van der Waals surface area contributed by atoms with Crippen molar-refractivity contribution in [2.45, 2.75) is 32.2 Å². The minimum absolute atomic E-state index is 0.880. The molecule has 1 aromatic rings. The van der Waals surface area contributed by atoms with Crippen molar-refractivity contribution in [3.8, 4) is 0 Å². The van der Waals surface area contributed by atoms with E-state index in [2.05, 4.69) is 29.2 Å². The molecule has 4 heteroatoms. The third-order valence-electron chi connectivity index (χ3n) is 3.19. The van der Waals surface area contributed by atoms with E-state index in [0.717, 1.165) is 25.6 Å². The van der Waals surface area contributed by atoms with Gasteiger partial charge in [-0.3, -0.25) is 0 Å². The lowest BCUT2D eigenvalue weighted by Gasteiger charge is -2.15. The topological polar surface area (TPSA) is 28.2 Å². The predicted molar refractivity (Wildman–Crippen MR) is 69.1 cm³/mol. The summed E-state index contributed by atoms with van der Waals surface area (Å²) in [6, 6.07) is 0.880. The van der Waals surface area contributed by atoms with Crippen molar-refractivity contribution < 1.29 is 0 Å². The summed E-state index contributed by atoms with van der Waals surface area (Å²) in [6.45, 7) is 5.44. The van der Waals surface area contributed by atoms with Crippen LogP contribution in [0.5, 0.6) is 0 Å². The van der Waals surface area contributed by atoms with Gasteiger partial charge in [-0.25, -0.2) is 4.98 Å². The van der Waals surface area contributed by atoms with Crippen LogP contribution in [-0.4, -0.2) is 42.6 Å². The fourth-order valence-corrected chi connectivity index (χ4v) is 2.63. The Labute approximate surface area is 102 Å². The Bertz CT molecular complexity index is 320. The molecule has 0 aromatic carbocycles. The molecule has 0 aliphatic heterocycles. The molecule has 1 saturated carbocycles. The van der Waals surface area contributed by atoms with E-state index in [4.69, 9.17) is 0 Å². The summed E-state index contributed by atoms with van der Waals surface area (Å²) in [6.07, 6.45) is 3.91. The van der Waals surface area contributed by atoms with Gasteiger partial charge >= 0.3 is 0 Å². The van der Waals surface area contributed by atoms with E-state index in [9.17, 15) is 0 Å². The first kappa shape index (κ1) is 12.0. The SMILES string of the molecule is Cc1ncsc1CCNCCN(C)C1CC1. The molecular weight excluding hydrogens is 218 g/mol. The number of aromatic nitrogens is 1. The molecule has 1 heterocycles. The second kappa shape index (κ2) is 5.75. The Morgan fingerprint density at radius 3 is 2.94 bits per heavy atom. The third-order valence-corrected chi connectivity index (χ3v) is 4.18. The normalized spacial score (nSPS) is 15.9. The van der Waals surface area contributed by atoms with E-state index in [1.54, 1.807) is 11.3 Å². The van der Waals surface area contributed by atoms with Gasteiger partial charge in [0.15, 0.2) is 0 Å². The number of nitrogens with one attached hydrogen (secondary N) is 1. The molecule has 0 atom stereocenters. The first-order chi connectivity index (χ1) is 7.77. The number of rotatable bonds is 7. The van der Waals surface area contributed by atoms with Crippen LogP contribution in [0.15, 0.2) is 5.51 Å². The van der Waals surface area contributed by atoms with E-state index in [0.29, 0.717) is 0 Å². The number of nitrogens with zero attached hydrogens (tertiary/aromatic N) is 2.